The summed E-state index contributed by atoms with van der Waals surface area (Å²) in [7, 11) is -2.42. The number of carbonyl (C=O) groups is 1. The zero-order valence-corrected chi connectivity index (χ0v) is 11.1. The van der Waals surface area contributed by atoms with E-state index in [1.165, 1.54) is 7.11 Å². The molecule has 1 rings (SSSR count). The minimum atomic E-state index is -3.65. The zero-order chi connectivity index (χ0) is 12.9. The molecule has 0 bridgehead atoms. The van der Waals surface area contributed by atoms with Gasteiger partial charge in [-0.2, -0.15) is 0 Å². The van der Waals surface area contributed by atoms with Gasteiger partial charge in [0.05, 0.1) is 6.61 Å². The quantitative estimate of drug-likeness (QED) is 0.733. The molecule has 1 unspecified atom stereocenters. The molecular weight excluding hydrogens is 239 g/mol. The number of hydrogen-bond acceptors (Lipinski definition) is 4. The van der Waals surface area contributed by atoms with Crippen LogP contribution in [0.15, 0.2) is 30.3 Å². The van der Waals surface area contributed by atoms with Crippen LogP contribution in [0, 0.1) is 5.92 Å². The van der Waals surface area contributed by atoms with Crippen LogP contribution in [-0.4, -0.2) is 12.6 Å². The first-order valence-electron chi connectivity index (χ1n) is 5.38. The van der Waals surface area contributed by atoms with E-state index in [1.807, 2.05) is 30.3 Å². The summed E-state index contributed by atoms with van der Waals surface area (Å²) >= 11 is 0. The normalized spacial score (nSPS) is 14.6. The molecule has 1 aromatic rings. The molecule has 0 N–H and O–H groups in total. The van der Waals surface area contributed by atoms with Gasteiger partial charge in [-0.1, -0.05) is 44.2 Å². The van der Waals surface area contributed by atoms with E-state index in [0.29, 0.717) is 0 Å². The van der Waals surface area contributed by atoms with Gasteiger partial charge in [-0.05, 0) is 5.56 Å². The van der Waals surface area contributed by atoms with Crippen LogP contribution in [0.25, 0.3) is 0 Å². The predicted molar refractivity (Wildman–Crippen MR) is 65.7 cm³/mol. The van der Waals surface area contributed by atoms with Crippen molar-refractivity contribution in [2.24, 2.45) is 5.92 Å². The molecule has 0 amide bonds. The Balaban J connectivity index is 2.71. The van der Waals surface area contributed by atoms with Crippen LogP contribution in [0.3, 0.4) is 0 Å². The Hall–Kier alpha value is -0.960. The Labute approximate surface area is 101 Å². The van der Waals surface area contributed by atoms with E-state index in [4.69, 9.17) is 9.05 Å². The minimum Gasteiger partial charge on any atom is -0.307 e. The molecule has 0 radical (unpaired) electrons. The average molecular weight is 256 g/mol. The summed E-state index contributed by atoms with van der Waals surface area (Å²) in [6.07, 6.45) is 0. The van der Waals surface area contributed by atoms with Gasteiger partial charge in [0.2, 0.25) is 5.52 Å². The Morgan fingerprint density at radius 1 is 1.29 bits per heavy atom. The largest absolute Gasteiger partial charge is 0.397 e. The van der Waals surface area contributed by atoms with E-state index in [2.05, 4.69) is 0 Å². The first-order valence-corrected chi connectivity index (χ1v) is 6.92. The Morgan fingerprint density at radius 2 is 1.88 bits per heavy atom. The summed E-state index contributed by atoms with van der Waals surface area (Å²) < 4.78 is 22.0. The van der Waals surface area contributed by atoms with Gasteiger partial charge in [0.25, 0.3) is 0 Å². The highest BCUT2D eigenvalue weighted by atomic mass is 31.2. The summed E-state index contributed by atoms with van der Waals surface area (Å²) in [5.41, 5.74) is 0.359. The highest BCUT2D eigenvalue weighted by Gasteiger charge is 2.35. The van der Waals surface area contributed by atoms with Gasteiger partial charge in [0.15, 0.2) is 0 Å². The smallest absolute Gasteiger partial charge is 0.307 e. The molecule has 1 atom stereocenters. The van der Waals surface area contributed by atoms with Crippen molar-refractivity contribution in [1.82, 2.24) is 0 Å². The second-order valence-corrected chi connectivity index (χ2v) is 5.99. The monoisotopic (exact) mass is 256 g/mol. The van der Waals surface area contributed by atoms with Crippen molar-refractivity contribution in [3.63, 3.8) is 0 Å². The van der Waals surface area contributed by atoms with Crippen molar-refractivity contribution < 1.29 is 18.4 Å². The summed E-state index contributed by atoms with van der Waals surface area (Å²) in [4.78, 5) is 11.7. The first-order chi connectivity index (χ1) is 7.99. The third kappa shape index (κ3) is 3.77. The number of hydrogen-bond donors (Lipinski definition) is 0. The van der Waals surface area contributed by atoms with Crippen LogP contribution in [0.4, 0.5) is 0 Å². The fourth-order valence-corrected chi connectivity index (χ4v) is 2.62. The second-order valence-electron chi connectivity index (χ2n) is 3.93. The van der Waals surface area contributed by atoms with Crippen LogP contribution in [-0.2, 0) is 25.0 Å². The Kier molecular flexibility index (Phi) is 5.06. The molecule has 4 nitrogen and oxygen atoms in total. The van der Waals surface area contributed by atoms with Gasteiger partial charge in [-0.3, -0.25) is 13.9 Å². The topological polar surface area (TPSA) is 52.6 Å². The van der Waals surface area contributed by atoms with E-state index in [-0.39, 0.29) is 12.5 Å². The first kappa shape index (κ1) is 14.1. The van der Waals surface area contributed by atoms with Gasteiger partial charge in [-0.15, -0.1) is 0 Å². The van der Waals surface area contributed by atoms with Crippen LogP contribution in [0.5, 0.6) is 0 Å². The molecule has 1 aromatic carbocycles. The minimum absolute atomic E-state index is 0.102. The van der Waals surface area contributed by atoms with Crippen molar-refractivity contribution in [2.75, 3.05) is 7.11 Å². The maximum atomic E-state index is 12.1. The maximum Gasteiger partial charge on any atom is 0.397 e. The van der Waals surface area contributed by atoms with E-state index in [1.54, 1.807) is 13.8 Å². The summed E-state index contributed by atoms with van der Waals surface area (Å²) in [6, 6.07) is 9.24. The standard InChI is InChI=1S/C12H17O4P/c1-10(2)12(13)17(14,15-3)16-9-11-7-5-4-6-8-11/h4-8,10H,9H2,1-3H3. The number of benzene rings is 1. The van der Waals surface area contributed by atoms with Gasteiger partial charge in [0.1, 0.15) is 0 Å². The van der Waals surface area contributed by atoms with Gasteiger partial charge in [0, 0.05) is 13.0 Å². The number of carbonyl (C=O) groups excluding carboxylic acids is 1. The molecule has 0 saturated heterocycles. The van der Waals surface area contributed by atoms with Gasteiger partial charge >= 0.3 is 7.60 Å². The number of rotatable bonds is 6. The van der Waals surface area contributed by atoms with E-state index < -0.39 is 13.1 Å². The van der Waals surface area contributed by atoms with E-state index in [9.17, 15) is 9.36 Å². The molecular formula is C12H17O4P. The lowest BCUT2D eigenvalue weighted by Crippen LogP contribution is -2.11. The fourth-order valence-electron chi connectivity index (χ4n) is 1.26. The molecule has 0 fully saturated rings. The van der Waals surface area contributed by atoms with Crippen molar-refractivity contribution in [2.45, 2.75) is 20.5 Å². The molecule has 0 heterocycles. The van der Waals surface area contributed by atoms with Crippen LogP contribution in [0.1, 0.15) is 19.4 Å². The van der Waals surface area contributed by atoms with Crippen molar-refractivity contribution in [3.05, 3.63) is 35.9 Å². The molecule has 17 heavy (non-hydrogen) atoms. The zero-order valence-electron chi connectivity index (χ0n) is 10.3. The van der Waals surface area contributed by atoms with Crippen molar-refractivity contribution in [1.29, 1.82) is 0 Å². The lowest BCUT2D eigenvalue weighted by Gasteiger charge is -2.16. The van der Waals surface area contributed by atoms with Gasteiger partial charge in [-0.25, -0.2) is 0 Å². The molecule has 94 valence electrons. The summed E-state index contributed by atoms with van der Waals surface area (Å²) in [5.74, 6) is -0.378. The Bertz CT molecular complexity index is 414. The summed E-state index contributed by atoms with van der Waals surface area (Å²) in [5, 5.41) is 0. The lowest BCUT2D eigenvalue weighted by atomic mass is 10.2. The predicted octanol–water partition coefficient (Wildman–Crippen LogP) is 3.23. The molecule has 0 aromatic heterocycles. The van der Waals surface area contributed by atoms with E-state index in [0.717, 1.165) is 5.56 Å². The SMILES string of the molecule is COP(=O)(OCc1ccccc1)C(=O)C(C)C. The fraction of sp³-hybridized carbons (Fsp3) is 0.417. The van der Waals surface area contributed by atoms with Crippen LogP contribution < -0.4 is 0 Å². The maximum absolute atomic E-state index is 12.1. The average Bonchev–Trinajstić information content (AvgIpc) is 2.36. The van der Waals surface area contributed by atoms with Crippen molar-refractivity contribution in [3.8, 4) is 0 Å². The van der Waals surface area contributed by atoms with Crippen molar-refractivity contribution >= 4 is 13.1 Å². The molecule has 0 aliphatic heterocycles. The van der Waals surface area contributed by atoms with Gasteiger partial charge < -0.3 is 4.52 Å². The van der Waals surface area contributed by atoms with Crippen LogP contribution >= 0.6 is 7.60 Å². The Morgan fingerprint density at radius 3 is 2.35 bits per heavy atom. The third-order valence-electron chi connectivity index (χ3n) is 2.25. The molecule has 0 spiro atoms. The van der Waals surface area contributed by atoms with Crippen LogP contribution in [0.2, 0.25) is 0 Å². The second kappa shape index (κ2) is 6.10. The molecule has 0 saturated carbocycles. The molecule has 0 aliphatic carbocycles. The third-order valence-corrected chi connectivity index (χ3v) is 4.25. The lowest BCUT2D eigenvalue weighted by molar-refractivity contribution is -0.116. The summed E-state index contributed by atoms with van der Waals surface area (Å²) in [6.45, 7) is 3.43. The highest BCUT2D eigenvalue weighted by Crippen LogP contribution is 2.50. The van der Waals surface area contributed by atoms with E-state index >= 15 is 0 Å². The molecule has 0 aliphatic rings. The highest BCUT2D eigenvalue weighted by molar-refractivity contribution is 7.71. The molecule has 5 heteroatoms.